The molecule has 0 bridgehead atoms. The average molecular weight is 191 g/mol. The van der Waals surface area contributed by atoms with Crippen LogP contribution in [0.1, 0.15) is 11.1 Å². The third kappa shape index (κ3) is 1.11. The van der Waals surface area contributed by atoms with Crippen molar-refractivity contribution in [1.82, 2.24) is 0 Å². The fourth-order valence-electron chi connectivity index (χ4n) is 1.34. The third-order valence-electron chi connectivity index (χ3n) is 1.98. The van der Waals surface area contributed by atoms with E-state index in [1.165, 1.54) is 23.5 Å². The first-order chi connectivity index (χ1) is 6.24. The van der Waals surface area contributed by atoms with Gasteiger partial charge in [-0.25, -0.2) is 4.39 Å². The molecule has 13 heavy (non-hydrogen) atoms. The van der Waals surface area contributed by atoms with Crippen molar-refractivity contribution in [3.63, 3.8) is 0 Å². The number of nitriles is 1. The van der Waals surface area contributed by atoms with E-state index in [1.54, 1.807) is 0 Å². The first-order valence-electron chi connectivity index (χ1n) is 3.80. The molecule has 0 unspecified atom stereocenters. The zero-order valence-corrected chi connectivity index (χ0v) is 7.78. The summed E-state index contributed by atoms with van der Waals surface area (Å²) in [5.41, 5.74) is 1.45. The number of halogens is 1. The lowest BCUT2D eigenvalue weighted by Crippen LogP contribution is -1.80. The maximum Gasteiger partial charge on any atom is 0.132 e. The first kappa shape index (κ1) is 8.21. The van der Waals surface area contributed by atoms with Crippen molar-refractivity contribution in [2.75, 3.05) is 0 Å². The van der Waals surface area contributed by atoms with E-state index in [4.69, 9.17) is 5.26 Å². The highest BCUT2D eigenvalue weighted by atomic mass is 32.1. The van der Waals surface area contributed by atoms with Crippen LogP contribution in [0.3, 0.4) is 0 Å². The Morgan fingerprint density at radius 3 is 2.92 bits per heavy atom. The summed E-state index contributed by atoms with van der Waals surface area (Å²) >= 11 is 1.42. The van der Waals surface area contributed by atoms with Crippen molar-refractivity contribution >= 4 is 21.4 Å². The van der Waals surface area contributed by atoms with Gasteiger partial charge in [-0.05, 0) is 30.0 Å². The Hall–Kier alpha value is -1.40. The predicted octanol–water partition coefficient (Wildman–Crippen LogP) is 3.22. The van der Waals surface area contributed by atoms with Crippen LogP contribution in [0.5, 0.6) is 0 Å². The molecule has 0 fully saturated rings. The minimum atomic E-state index is -0.243. The molecule has 0 N–H and O–H groups in total. The van der Waals surface area contributed by atoms with Crippen molar-refractivity contribution < 1.29 is 4.39 Å². The van der Waals surface area contributed by atoms with Crippen LogP contribution in [0.25, 0.3) is 10.1 Å². The lowest BCUT2D eigenvalue weighted by atomic mass is 10.1. The van der Waals surface area contributed by atoms with Crippen LogP contribution in [-0.4, -0.2) is 0 Å². The summed E-state index contributed by atoms with van der Waals surface area (Å²) in [4.78, 5) is 0. The van der Waals surface area contributed by atoms with Crippen molar-refractivity contribution in [3.8, 4) is 6.07 Å². The molecule has 0 radical (unpaired) electrons. The van der Waals surface area contributed by atoms with Crippen LogP contribution in [0, 0.1) is 24.1 Å². The molecule has 0 atom stereocenters. The van der Waals surface area contributed by atoms with Gasteiger partial charge < -0.3 is 0 Å². The molecular weight excluding hydrogens is 185 g/mol. The number of nitrogens with zero attached hydrogens (tertiary/aromatic N) is 1. The second-order valence-electron chi connectivity index (χ2n) is 2.83. The highest BCUT2D eigenvalue weighted by Gasteiger charge is 2.09. The Kier molecular flexibility index (Phi) is 1.78. The van der Waals surface area contributed by atoms with Crippen LogP contribution >= 0.6 is 11.3 Å². The normalized spacial score (nSPS) is 10.2. The van der Waals surface area contributed by atoms with Gasteiger partial charge in [-0.1, -0.05) is 0 Å². The maximum atomic E-state index is 13.3. The van der Waals surface area contributed by atoms with Gasteiger partial charge in [0.2, 0.25) is 0 Å². The van der Waals surface area contributed by atoms with Crippen LogP contribution in [0.2, 0.25) is 0 Å². The van der Waals surface area contributed by atoms with Crippen LogP contribution in [0.15, 0.2) is 17.5 Å². The molecule has 0 amide bonds. The Bertz CT molecular complexity index is 507. The zero-order chi connectivity index (χ0) is 9.42. The van der Waals surface area contributed by atoms with E-state index in [-0.39, 0.29) is 5.82 Å². The molecule has 64 valence electrons. The van der Waals surface area contributed by atoms with Gasteiger partial charge in [0.05, 0.1) is 10.3 Å². The minimum Gasteiger partial charge on any atom is -0.206 e. The van der Waals surface area contributed by atoms with Crippen molar-refractivity contribution in [1.29, 1.82) is 5.26 Å². The predicted molar refractivity (Wildman–Crippen MR) is 51.2 cm³/mol. The molecule has 0 spiro atoms. The lowest BCUT2D eigenvalue weighted by Gasteiger charge is -1.95. The molecule has 3 heteroatoms. The van der Waals surface area contributed by atoms with Gasteiger partial charge in [-0.15, -0.1) is 11.3 Å². The standard InChI is InChI=1S/C10H6FNS/c1-6-5-13-10-7(4-12)2-3-8(11)9(6)10/h2-3,5H,1H3. The Labute approximate surface area is 79.0 Å². The summed E-state index contributed by atoms with van der Waals surface area (Å²) in [6, 6.07) is 4.92. The van der Waals surface area contributed by atoms with Crippen molar-refractivity contribution in [2.45, 2.75) is 6.92 Å². The quantitative estimate of drug-likeness (QED) is 0.627. The fraction of sp³-hybridized carbons (Fsp3) is 0.100. The largest absolute Gasteiger partial charge is 0.206 e. The van der Waals surface area contributed by atoms with E-state index >= 15 is 0 Å². The second kappa shape index (κ2) is 2.82. The summed E-state index contributed by atoms with van der Waals surface area (Å²) in [6.07, 6.45) is 0. The van der Waals surface area contributed by atoms with E-state index in [0.29, 0.717) is 10.9 Å². The molecule has 0 aliphatic heterocycles. The van der Waals surface area contributed by atoms with E-state index < -0.39 is 0 Å². The van der Waals surface area contributed by atoms with Crippen molar-refractivity contribution in [3.05, 3.63) is 34.5 Å². The van der Waals surface area contributed by atoms with Crippen LogP contribution in [0.4, 0.5) is 4.39 Å². The first-order valence-corrected chi connectivity index (χ1v) is 4.68. The molecule has 2 rings (SSSR count). The fourth-order valence-corrected chi connectivity index (χ4v) is 2.37. The average Bonchev–Trinajstić information content (AvgIpc) is 2.50. The van der Waals surface area contributed by atoms with Gasteiger partial charge in [-0.3, -0.25) is 0 Å². The van der Waals surface area contributed by atoms with Crippen LogP contribution < -0.4 is 0 Å². The Morgan fingerprint density at radius 1 is 1.46 bits per heavy atom. The molecular formula is C10H6FNS. The third-order valence-corrected chi connectivity index (χ3v) is 3.11. The summed E-state index contributed by atoms with van der Waals surface area (Å²) in [6.45, 7) is 1.85. The lowest BCUT2D eigenvalue weighted by molar-refractivity contribution is 0.639. The summed E-state index contributed by atoms with van der Waals surface area (Å²) < 4.78 is 14.0. The van der Waals surface area contributed by atoms with Gasteiger partial charge in [0.25, 0.3) is 0 Å². The summed E-state index contributed by atoms with van der Waals surface area (Å²) in [5, 5.41) is 11.2. The van der Waals surface area contributed by atoms with Gasteiger partial charge in [0.15, 0.2) is 0 Å². The van der Waals surface area contributed by atoms with E-state index in [1.807, 2.05) is 12.3 Å². The van der Waals surface area contributed by atoms with E-state index in [2.05, 4.69) is 6.07 Å². The number of hydrogen-bond acceptors (Lipinski definition) is 2. The summed E-state index contributed by atoms with van der Waals surface area (Å²) in [5.74, 6) is -0.243. The minimum absolute atomic E-state index is 0.243. The molecule has 0 saturated carbocycles. The molecule has 1 heterocycles. The van der Waals surface area contributed by atoms with Crippen molar-refractivity contribution in [2.24, 2.45) is 0 Å². The highest BCUT2D eigenvalue weighted by molar-refractivity contribution is 7.17. The SMILES string of the molecule is Cc1csc2c(C#N)ccc(F)c12. The molecule has 0 saturated heterocycles. The smallest absolute Gasteiger partial charge is 0.132 e. The molecule has 1 aromatic carbocycles. The number of rotatable bonds is 0. The second-order valence-corrected chi connectivity index (χ2v) is 3.71. The monoisotopic (exact) mass is 191 g/mol. The topological polar surface area (TPSA) is 23.8 Å². The van der Waals surface area contributed by atoms with Gasteiger partial charge >= 0.3 is 0 Å². The Balaban J connectivity index is 2.97. The number of benzene rings is 1. The number of hydrogen-bond donors (Lipinski definition) is 0. The zero-order valence-electron chi connectivity index (χ0n) is 6.97. The van der Waals surface area contributed by atoms with Gasteiger partial charge in [-0.2, -0.15) is 5.26 Å². The van der Waals surface area contributed by atoms with Gasteiger partial charge in [0, 0.05) is 5.39 Å². The van der Waals surface area contributed by atoms with Gasteiger partial charge in [0.1, 0.15) is 11.9 Å². The highest BCUT2D eigenvalue weighted by Crippen LogP contribution is 2.30. The number of aryl methyl sites for hydroxylation is 1. The molecule has 2 aromatic rings. The van der Waals surface area contributed by atoms with Crippen LogP contribution in [-0.2, 0) is 0 Å². The Morgan fingerprint density at radius 2 is 2.23 bits per heavy atom. The molecule has 0 aliphatic carbocycles. The van der Waals surface area contributed by atoms with E-state index in [9.17, 15) is 4.39 Å². The molecule has 1 aromatic heterocycles. The number of fused-ring (bicyclic) bond motifs is 1. The van der Waals surface area contributed by atoms with E-state index in [0.717, 1.165) is 10.3 Å². The maximum absolute atomic E-state index is 13.3. The summed E-state index contributed by atoms with van der Waals surface area (Å²) in [7, 11) is 0. The number of thiophene rings is 1. The molecule has 0 aliphatic rings. The molecule has 1 nitrogen and oxygen atoms in total.